The minimum Gasteiger partial charge on any atom is -0.464 e. The molecule has 4 unspecified atom stereocenters. The molecule has 20 heteroatoms. The Kier molecular flexibility index (Phi) is 12.6. The van der Waals surface area contributed by atoms with Crippen LogP contribution in [0.2, 0.25) is 0 Å². The zero-order valence-corrected chi connectivity index (χ0v) is 34.9. The maximum absolute atomic E-state index is 14.1. The number of hydrogen-bond acceptors (Lipinski definition) is 20. The van der Waals surface area contributed by atoms with Gasteiger partial charge in [-0.2, -0.15) is 0 Å². The second kappa shape index (κ2) is 16.3. The number of carbonyl (C=O) groups is 4. The third-order valence-electron chi connectivity index (χ3n) is 10.5. The van der Waals surface area contributed by atoms with E-state index in [-0.39, 0.29) is 19.6 Å². The molecule has 0 bridgehead atoms. The number of ether oxygens (including phenoxy) is 15. The van der Waals surface area contributed by atoms with Crippen LogP contribution in [-0.4, -0.2) is 153 Å². The zero-order chi connectivity index (χ0) is 42.6. The summed E-state index contributed by atoms with van der Waals surface area (Å²) in [6, 6.07) is 0. The van der Waals surface area contributed by atoms with Gasteiger partial charge in [0, 0.05) is 6.42 Å². The summed E-state index contributed by atoms with van der Waals surface area (Å²) in [5, 5.41) is 10.4. The molecule has 58 heavy (non-hydrogen) atoms. The Labute approximate surface area is 336 Å². The van der Waals surface area contributed by atoms with E-state index in [1.807, 2.05) is 0 Å². The van der Waals surface area contributed by atoms with Crippen LogP contribution in [0.3, 0.4) is 0 Å². The molecule has 20 nitrogen and oxygen atoms in total. The van der Waals surface area contributed by atoms with Crippen molar-refractivity contribution in [2.75, 3.05) is 39.6 Å². The number of fused-ring (bicyclic) bond motifs is 2. The van der Waals surface area contributed by atoms with E-state index in [9.17, 15) is 24.3 Å². The van der Waals surface area contributed by atoms with Crippen molar-refractivity contribution in [2.45, 2.75) is 167 Å². The van der Waals surface area contributed by atoms with E-state index in [1.165, 1.54) is 13.8 Å². The van der Waals surface area contributed by atoms with Crippen LogP contribution in [0.4, 0.5) is 4.79 Å². The third kappa shape index (κ3) is 9.72. The van der Waals surface area contributed by atoms with Gasteiger partial charge in [0.25, 0.3) is 0 Å². The lowest BCUT2D eigenvalue weighted by atomic mass is 9.92. The van der Waals surface area contributed by atoms with Crippen LogP contribution in [0.25, 0.3) is 0 Å². The van der Waals surface area contributed by atoms with Crippen LogP contribution in [0, 0.1) is 10.8 Å². The van der Waals surface area contributed by atoms with Crippen LogP contribution in [0.15, 0.2) is 0 Å². The Bertz CT molecular complexity index is 1550. The quantitative estimate of drug-likeness (QED) is 0.195. The monoisotopic (exact) mass is 834 g/mol. The van der Waals surface area contributed by atoms with Gasteiger partial charge in [-0.1, -0.05) is 6.92 Å². The molecule has 0 spiro atoms. The molecule has 1 N–H and O–H groups in total. The van der Waals surface area contributed by atoms with Crippen molar-refractivity contribution < 1.29 is 95.3 Å². The van der Waals surface area contributed by atoms with Crippen molar-refractivity contribution in [3.05, 3.63) is 0 Å². The molecule has 6 fully saturated rings. The number of esters is 3. The van der Waals surface area contributed by atoms with E-state index >= 15 is 0 Å². The highest BCUT2D eigenvalue weighted by Crippen LogP contribution is 2.44. The first-order chi connectivity index (χ1) is 26.9. The summed E-state index contributed by atoms with van der Waals surface area (Å²) in [6.07, 6.45) is -9.94. The molecule has 6 aliphatic heterocycles. The van der Waals surface area contributed by atoms with Gasteiger partial charge < -0.3 is 76.2 Å². The van der Waals surface area contributed by atoms with Crippen LogP contribution in [0.1, 0.15) is 82.6 Å². The minimum atomic E-state index is -1.80. The average Bonchev–Trinajstić information content (AvgIpc) is 3.97. The van der Waals surface area contributed by atoms with Gasteiger partial charge in [0.05, 0.1) is 19.8 Å². The molecule has 0 aromatic carbocycles. The predicted octanol–water partition coefficient (Wildman–Crippen LogP) is 1.98. The number of rotatable bonds is 14. The van der Waals surface area contributed by atoms with Crippen LogP contribution in [-0.2, 0) is 85.4 Å². The highest BCUT2D eigenvalue weighted by Gasteiger charge is 2.62. The summed E-state index contributed by atoms with van der Waals surface area (Å²) in [5.41, 5.74) is -3.58. The fourth-order valence-corrected chi connectivity index (χ4v) is 7.31. The maximum atomic E-state index is 14.1. The second-order valence-electron chi connectivity index (χ2n) is 17.7. The number of hydrogen-bond donors (Lipinski definition) is 1. The molecule has 0 aliphatic carbocycles. The average molecular weight is 835 g/mol. The van der Waals surface area contributed by atoms with Gasteiger partial charge in [0.2, 0.25) is 0 Å². The van der Waals surface area contributed by atoms with Crippen molar-refractivity contribution in [3.63, 3.8) is 0 Å². The van der Waals surface area contributed by atoms with Crippen LogP contribution >= 0.6 is 0 Å². The van der Waals surface area contributed by atoms with Gasteiger partial charge in [-0.05, 0) is 69.2 Å². The van der Waals surface area contributed by atoms with E-state index in [2.05, 4.69) is 0 Å². The molecule has 6 saturated heterocycles. The standard InChI is InChI=1S/C38H58O20/c1-12-21(40)44-17-38(11,31(42)52-25-23(20-14-48-34(4,5)54-20)50-29-27(25)56-36(8,9)58-29)18-46-32(43)45-16-37(10,15-39)30(41)51-24-22(19-13-47-33(2,3)53-19)49-28-26(24)55-35(6,7)57-28/h19-20,22-29,39H,12-18H2,1-11H3/t19?,20?,22-,23-,24+,25+,26-,27-,28-,29-,37?,38?/m1/s1. The normalized spacial score (nSPS) is 37.2. The number of carbonyl (C=O) groups excluding carboxylic acids is 4. The second-order valence-corrected chi connectivity index (χ2v) is 17.7. The molecular weight excluding hydrogens is 776 g/mol. The summed E-state index contributed by atoms with van der Waals surface area (Å²) < 4.78 is 87.4. The first-order valence-corrected chi connectivity index (χ1v) is 19.5. The third-order valence-corrected chi connectivity index (χ3v) is 10.5. The molecule has 0 radical (unpaired) electrons. The van der Waals surface area contributed by atoms with Gasteiger partial charge in [0.1, 0.15) is 55.1 Å². The Hall–Kier alpha value is -2.76. The fourth-order valence-electron chi connectivity index (χ4n) is 7.31. The Morgan fingerprint density at radius 2 is 1.00 bits per heavy atom. The SMILES string of the molecule is CCC(=O)OCC(C)(COC(=O)OCC(C)(CO)C(=O)O[C@@H]1[C@H]2OC(C)(C)O[C@H]2O[C@@H]1C1COC(C)(C)O1)C(=O)O[C@@H]1[C@H]2OC(C)(C)O[C@H]2O[C@@H]1C1COC(C)(C)O1. The van der Waals surface area contributed by atoms with Crippen molar-refractivity contribution in [1.82, 2.24) is 0 Å². The lowest BCUT2D eigenvalue weighted by Gasteiger charge is -2.32. The van der Waals surface area contributed by atoms with E-state index in [0.29, 0.717) is 0 Å². The zero-order valence-electron chi connectivity index (χ0n) is 34.9. The van der Waals surface area contributed by atoms with Gasteiger partial charge in [-0.25, -0.2) is 4.79 Å². The Balaban J connectivity index is 1.10. The largest absolute Gasteiger partial charge is 0.508 e. The van der Waals surface area contributed by atoms with Crippen LogP contribution in [0.5, 0.6) is 0 Å². The van der Waals surface area contributed by atoms with Gasteiger partial charge in [-0.3, -0.25) is 14.4 Å². The molecule has 6 heterocycles. The highest BCUT2D eigenvalue weighted by atomic mass is 16.9. The van der Waals surface area contributed by atoms with E-state index in [4.69, 9.17) is 71.1 Å². The fraction of sp³-hybridized carbons (Fsp3) is 0.895. The van der Waals surface area contributed by atoms with Gasteiger partial charge >= 0.3 is 24.1 Å². The van der Waals surface area contributed by atoms with Gasteiger partial charge in [0.15, 0.2) is 60.1 Å². The van der Waals surface area contributed by atoms with Crippen molar-refractivity contribution in [3.8, 4) is 0 Å². The topological polar surface area (TPSA) is 227 Å². The summed E-state index contributed by atoms with van der Waals surface area (Å²) >= 11 is 0. The summed E-state index contributed by atoms with van der Waals surface area (Å²) in [5.74, 6) is -6.42. The molecule has 6 rings (SSSR count). The first kappa shape index (κ1) is 44.8. The maximum Gasteiger partial charge on any atom is 0.508 e. The molecule has 330 valence electrons. The first-order valence-electron chi connectivity index (χ1n) is 19.5. The molecule has 0 saturated carbocycles. The summed E-state index contributed by atoms with van der Waals surface area (Å²) in [4.78, 5) is 53.1. The Morgan fingerprint density at radius 3 is 1.40 bits per heavy atom. The molecule has 0 amide bonds. The summed E-state index contributed by atoms with van der Waals surface area (Å²) in [7, 11) is 0. The van der Waals surface area contributed by atoms with E-state index in [1.54, 1.807) is 62.3 Å². The Morgan fingerprint density at radius 1 is 0.586 bits per heavy atom. The predicted molar refractivity (Wildman–Crippen MR) is 189 cm³/mol. The minimum absolute atomic E-state index is 0.00666. The van der Waals surface area contributed by atoms with Crippen molar-refractivity contribution >= 4 is 24.1 Å². The molecule has 0 aromatic rings. The lowest BCUT2D eigenvalue weighted by Crippen LogP contribution is -2.49. The van der Waals surface area contributed by atoms with Crippen LogP contribution < -0.4 is 0 Å². The molecule has 0 aromatic heterocycles. The van der Waals surface area contributed by atoms with E-state index < -0.39 is 146 Å². The summed E-state index contributed by atoms with van der Waals surface area (Å²) in [6.45, 7) is 15.5. The molecule has 6 aliphatic rings. The molecular formula is C38H58O20. The number of aliphatic hydroxyl groups is 1. The van der Waals surface area contributed by atoms with Gasteiger partial charge in [-0.15, -0.1) is 0 Å². The number of aliphatic hydroxyl groups excluding tert-OH is 1. The smallest absolute Gasteiger partial charge is 0.464 e. The van der Waals surface area contributed by atoms with Crippen molar-refractivity contribution in [1.29, 1.82) is 0 Å². The van der Waals surface area contributed by atoms with Crippen molar-refractivity contribution in [2.24, 2.45) is 10.8 Å². The lowest BCUT2D eigenvalue weighted by molar-refractivity contribution is -0.237. The highest BCUT2D eigenvalue weighted by molar-refractivity contribution is 5.79. The van der Waals surface area contributed by atoms with E-state index in [0.717, 1.165) is 0 Å². The molecule has 12 atom stereocenters.